The molecule has 3 heteroatoms. The van der Waals surface area contributed by atoms with Gasteiger partial charge in [0.1, 0.15) is 11.9 Å². The predicted molar refractivity (Wildman–Crippen MR) is 51.2 cm³/mol. The van der Waals surface area contributed by atoms with Crippen LogP contribution in [0.2, 0.25) is 0 Å². The first-order valence-corrected chi connectivity index (χ1v) is 4.68. The van der Waals surface area contributed by atoms with E-state index in [0.29, 0.717) is 10.3 Å². The second-order valence-electron chi connectivity index (χ2n) is 2.83. The van der Waals surface area contributed by atoms with Crippen molar-refractivity contribution in [3.05, 3.63) is 34.5 Å². The first-order valence-electron chi connectivity index (χ1n) is 3.80. The second-order valence-corrected chi connectivity index (χ2v) is 3.71. The van der Waals surface area contributed by atoms with Crippen molar-refractivity contribution in [2.24, 2.45) is 0 Å². The standard InChI is InChI=1S/C10H6FNS/c1-6-2-3-8(11)10-9(6)7(4-12)5-13-10/h2-3,5H,1H3. The third-order valence-corrected chi connectivity index (χ3v) is 2.99. The van der Waals surface area contributed by atoms with E-state index >= 15 is 0 Å². The number of halogens is 1. The third kappa shape index (κ3) is 1.11. The number of nitrogens with zero attached hydrogens (tertiary/aromatic N) is 1. The third-order valence-electron chi connectivity index (χ3n) is 2.00. The fourth-order valence-corrected chi connectivity index (χ4v) is 2.34. The van der Waals surface area contributed by atoms with Gasteiger partial charge in [-0.15, -0.1) is 11.3 Å². The highest BCUT2D eigenvalue weighted by molar-refractivity contribution is 7.17. The zero-order valence-corrected chi connectivity index (χ0v) is 7.78. The quantitative estimate of drug-likeness (QED) is 0.627. The van der Waals surface area contributed by atoms with E-state index in [2.05, 4.69) is 6.07 Å². The molecule has 13 heavy (non-hydrogen) atoms. The van der Waals surface area contributed by atoms with Crippen LogP contribution < -0.4 is 0 Å². The molecule has 0 radical (unpaired) electrons. The second kappa shape index (κ2) is 2.82. The molecule has 0 amide bonds. The number of benzene rings is 1. The Balaban J connectivity index is 2.98. The van der Waals surface area contributed by atoms with Crippen LogP contribution in [0.5, 0.6) is 0 Å². The van der Waals surface area contributed by atoms with Crippen molar-refractivity contribution < 1.29 is 4.39 Å². The van der Waals surface area contributed by atoms with Crippen LogP contribution in [0.4, 0.5) is 4.39 Å². The number of fused-ring (bicyclic) bond motifs is 1. The van der Waals surface area contributed by atoms with Crippen molar-refractivity contribution in [1.29, 1.82) is 5.26 Å². The lowest BCUT2D eigenvalue weighted by molar-refractivity contribution is 0.641. The molecule has 1 aromatic heterocycles. The highest BCUT2D eigenvalue weighted by Gasteiger charge is 2.09. The van der Waals surface area contributed by atoms with E-state index in [-0.39, 0.29) is 5.82 Å². The number of aryl methyl sites for hydroxylation is 1. The van der Waals surface area contributed by atoms with Gasteiger partial charge in [-0.3, -0.25) is 0 Å². The smallest absolute Gasteiger partial charge is 0.141 e. The topological polar surface area (TPSA) is 23.8 Å². The normalized spacial score (nSPS) is 10.2. The Bertz CT molecular complexity index is 507. The lowest BCUT2D eigenvalue weighted by atomic mass is 10.1. The van der Waals surface area contributed by atoms with Crippen LogP contribution in [0.25, 0.3) is 10.1 Å². The average Bonchev–Trinajstić information content (AvgIpc) is 2.56. The van der Waals surface area contributed by atoms with Crippen LogP contribution in [0.3, 0.4) is 0 Å². The molecule has 0 aliphatic rings. The molecule has 2 aromatic rings. The molecule has 1 aromatic carbocycles. The van der Waals surface area contributed by atoms with Gasteiger partial charge >= 0.3 is 0 Å². The molecule has 64 valence electrons. The van der Waals surface area contributed by atoms with Crippen molar-refractivity contribution in [3.63, 3.8) is 0 Å². The molecule has 0 aliphatic heterocycles. The summed E-state index contributed by atoms with van der Waals surface area (Å²) in [6.07, 6.45) is 0. The Morgan fingerprint density at radius 3 is 2.92 bits per heavy atom. The zero-order valence-electron chi connectivity index (χ0n) is 6.97. The van der Waals surface area contributed by atoms with Gasteiger partial charge in [0, 0.05) is 10.8 Å². The van der Waals surface area contributed by atoms with E-state index in [1.165, 1.54) is 17.4 Å². The molecule has 0 N–H and O–H groups in total. The number of thiophene rings is 1. The molecule has 0 saturated carbocycles. The fourth-order valence-electron chi connectivity index (χ4n) is 1.36. The molecule has 1 heterocycles. The zero-order chi connectivity index (χ0) is 9.42. The van der Waals surface area contributed by atoms with Gasteiger partial charge in [0.05, 0.1) is 10.3 Å². The van der Waals surface area contributed by atoms with Crippen molar-refractivity contribution in [2.75, 3.05) is 0 Å². The van der Waals surface area contributed by atoms with Gasteiger partial charge in [0.15, 0.2) is 0 Å². The minimum atomic E-state index is -0.243. The van der Waals surface area contributed by atoms with Gasteiger partial charge in [-0.2, -0.15) is 5.26 Å². The van der Waals surface area contributed by atoms with Gasteiger partial charge < -0.3 is 0 Å². The molecule has 0 atom stereocenters. The van der Waals surface area contributed by atoms with Crippen molar-refractivity contribution in [1.82, 2.24) is 0 Å². The summed E-state index contributed by atoms with van der Waals surface area (Å²) in [6.45, 7) is 1.88. The van der Waals surface area contributed by atoms with E-state index in [0.717, 1.165) is 10.9 Å². The Kier molecular flexibility index (Phi) is 1.78. The minimum absolute atomic E-state index is 0.243. The van der Waals surface area contributed by atoms with Crippen LogP contribution in [-0.4, -0.2) is 0 Å². The van der Waals surface area contributed by atoms with Crippen LogP contribution in [0.15, 0.2) is 17.5 Å². The maximum absolute atomic E-state index is 13.2. The Labute approximate surface area is 79.0 Å². The summed E-state index contributed by atoms with van der Waals surface area (Å²) in [6, 6.07) is 5.20. The van der Waals surface area contributed by atoms with Gasteiger partial charge in [0.2, 0.25) is 0 Å². The summed E-state index contributed by atoms with van der Waals surface area (Å²) in [5.41, 5.74) is 1.52. The molecular weight excluding hydrogens is 185 g/mol. The maximum Gasteiger partial charge on any atom is 0.141 e. The maximum atomic E-state index is 13.2. The Morgan fingerprint density at radius 2 is 2.23 bits per heavy atom. The molecule has 0 spiro atoms. The molecule has 1 nitrogen and oxygen atoms in total. The summed E-state index contributed by atoms with van der Waals surface area (Å²) in [4.78, 5) is 0. The van der Waals surface area contributed by atoms with Crippen molar-refractivity contribution in [2.45, 2.75) is 6.92 Å². The predicted octanol–water partition coefficient (Wildman–Crippen LogP) is 3.22. The highest BCUT2D eigenvalue weighted by atomic mass is 32.1. The molecule has 2 rings (SSSR count). The van der Waals surface area contributed by atoms with Crippen molar-refractivity contribution >= 4 is 21.4 Å². The van der Waals surface area contributed by atoms with Gasteiger partial charge in [0.25, 0.3) is 0 Å². The summed E-state index contributed by atoms with van der Waals surface area (Å²) >= 11 is 1.28. The van der Waals surface area contributed by atoms with Crippen LogP contribution in [0, 0.1) is 24.1 Å². The van der Waals surface area contributed by atoms with Gasteiger partial charge in [-0.25, -0.2) is 4.39 Å². The van der Waals surface area contributed by atoms with Gasteiger partial charge in [-0.05, 0) is 18.6 Å². The van der Waals surface area contributed by atoms with E-state index < -0.39 is 0 Å². The molecule has 0 saturated heterocycles. The fraction of sp³-hybridized carbons (Fsp3) is 0.100. The first-order chi connectivity index (χ1) is 6.24. The van der Waals surface area contributed by atoms with Crippen LogP contribution >= 0.6 is 11.3 Å². The van der Waals surface area contributed by atoms with E-state index in [1.807, 2.05) is 6.92 Å². The molecule has 0 bridgehead atoms. The molecular formula is C10H6FNS. The minimum Gasteiger partial charge on any atom is -0.205 e. The largest absolute Gasteiger partial charge is 0.205 e. The molecule has 0 fully saturated rings. The summed E-state index contributed by atoms with van der Waals surface area (Å²) < 4.78 is 13.8. The van der Waals surface area contributed by atoms with Crippen LogP contribution in [0.1, 0.15) is 11.1 Å². The number of hydrogen-bond acceptors (Lipinski definition) is 2. The summed E-state index contributed by atoms with van der Waals surface area (Å²) in [5, 5.41) is 11.2. The number of rotatable bonds is 0. The summed E-state index contributed by atoms with van der Waals surface area (Å²) in [5.74, 6) is -0.243. The summed E-state index contributed by atoms with van der Waals surface area (Å²) in [7, 11) is 0. The Morgan fingerprint density at radius 1 is 1.46 bits per heavy atom. The highest BCUT2D eigenvalue weighted by Crippen LogP contribution is 2.30. The van der Waals surface area contributed by atoms with Crippen LogP contribution in [-0.2, 0) is 0 Å². The van der Waals surface area contributed by atoms with Crippen molar-refractivity contribution in [3.8, 4) is 6.07 Å². The lowest BCUT2D eigenvalue weighted by Crippen LogP contribution is -1.80. The lowest BCUT2D eigenvalue weighted by Gasteiger charge is -1.96. The molecule has 0 aliphatic carbocycles. The van der Waals surface area contributed by atoms with E-state index in [4.69, 9.17) is 5.26 Å². The number of nitriles is 1. The Hall–Kier alpha value is -1.40. The molecule has 0 unspecified atom stereocenters. The monoisotopic (exact) mass is 191 g/mol. The average molecular weight is 191 g/mol. The van der Waals surface area contributed by atoms with E-state index in [1.54, 1.807) is 11.4 Å². The van der Waals surface area contributed by atoms with Gasteiger partial charge in [-0.1, -0.05) is 6.07 Å². The SMILES string of the molecule is Cc1ccc(F)c2scc(C#N)c12. The number of hydrogen-bond donors (Lipinski definition) is 0. The first kappa shape index (κ1) is 8.21. The van der Waals surface area contributed by atoms with E-state index in [9.17, 15) is 4.39 Å².